The molecule has 0 spiro atoms. The molecular formula is C11H12N2O2. The third kappa shape index (κ3) is 3.69. The summed E-state index contributed by atoms with van der Waals surface area (Å²) in [7, 11) is 0. The number of nitrogens with one attached hydrogen (secondary N) is 1. The van der Waals surface area contributed by atoms with E-state index in [0.29, 0.717) is 0 Å². The molecule has 0 atom stereocenters. The van der Waals surface area contributed by atoms with Gasteiger partial charge in [-0.1, -0.05) is 18.8 Å². The van der Waals surface area contributed by atoms with Gasteiger partial charge in [0.2, 0.25) is 0 Å². The van der Waals surface area contributed by atoms with Crippen LogP contribution in [0.5, 0.6) is 0 Å². The summed E-state index contributed by atoms with van der Waals surface area (Å²) in [5.74, 6) is 5.61. The van der Waals surface area contributed by atoms with Crippen molar-refractivity contribution in [1.29, 1.82) is 0 Å². The first kappa shape index (κ1) is 11.1. The van der Waals surface area contributed by atoms with E-state index in [-0.39, 0.29) is 6.54 Å². The van der Waals surface area contributed by atoms with E-state index >= 15 is 0 Å². The van der Waals surface area contributed by atoms with Gasteiger partial charge in [0, 0.05) is 18.0 Å². The molecule has 0 aliphatic heterocycles. The van der Waals surface area contributed by atoms with E-state index < -0.39 is 6.09 Å². The third-order valence-corrected chi connectivity index (χ3v) is 1.84. The van der Waals surface area contributed by atoms with Crippen LogP contribution in [0.15, 0.2) is 18.5 Å². The van der Waals surface area contributed by atoms with E-state index in [4.69, 9.17) is 5.11 Å². The van der Waals surface area contributed by atoms with Gasteiger partial charge in [-0.2, -0.15) is 0 Å². The molecule has 2 N–H and O–H groups in total. The van der Waals surface area contributed by atoms with E-state index in [2.05, 4.69) is 22.1 Å². The lowest BCUT2D eigenvalue weighted by Crippen LogP contribution is -2.20. The van der Waals surface area contributed by atoms with Crippen LogP contribution in [0.1, 0.15) is 18.1 Å². The summed E-state index contributed by atoms with van der Waals surface area (Å²) in [6.45, 7) is 2.17. The van der Waals surface area contributed by atoms with Gasteiger partial charge >= 0.3 is 6.09 Å². The Bertz CT molecular complexity index is 405. The van der Waals surface area contributed by atoms with Crippen molar-refractivity contribution >= 4 is 6.09 Å². The monoisotopic (exact) mass is 204 g/mol. The summed E-state index contributed by atoms with van der Waals surface area (Å²) in [5.41, 5.74) is 1.97. The molecule has 1 heterocycles. The lowest BCUT2D eigenvalue weighted by atomic mass is 10.1. The molecule has 78 valence electrons. The second-order valence-corrected chi connectivity index (χ2v) is 2.85. The van der Waals surface area contributed by atoms with Crippen molar-refractivity contribution in [2.24, 2.45) is 0 Å². The summed E-state index contributed by atoms with van der Waals surface area (Å²) in [5, 5.41) is 10.5. The van der Waals surface area contributed by atoms with Gasteiger partial charge in [-0.05, 0) is 18.1 Å². The number of pyridine rings is 1. The average Bonchev–Trinajstić information content (AvgIpc) is 2.24. The fourth-order valence-corrected chi connectivity index (χ4v) is 1.10. The predicted octanol–water partition coefficient (Wildman–Crippen LogP) is 1.26. The number of nitrogens with zero attached hydrogens (tertiary/aromatic N) is 1. The molecule has 0 saturated carbocycles. The van der Waals surface area contributed by atoms with Crippen LogP contribution in [0.4, 0.5) is 4.79 Å². The summed E-state index contributed by atoms with van der Waals surface area (Å²) < 4.78 is 0. The van der Waals surface area contributed by atoms with Gasteiger partial charge in [-0.3, -0.25) is 4.98 Å². The highest BCUT2D eigenvalue weighted by Gasteiger charge is 1.95. The van der Waals surface area contributed by atoms with Crippen LogP contribution in [0.25, 0.3) is 0 Å². The Morgan fingerprint density at radius 1 is 1.67 bits per heavy atom. The van der Waals surface area contributed by atoms with Crippen molar-refractivity contribution in [1.82, 2.24) is 10.3 Å². The van der Waals surface area contributed by atoms with Crippen LogP contribution in [0, 0.1) is 11.8 Å². The van der Waals surface area contributed by atoms with Crippen LogP contribution in [-0.4, -0.2) is 22.7 Å². The first-order chi connectivity index (χ1) is 7.24. The molecule has 0 bridgehead atoms. The Morgan fingerprint density at radius 2 is 2.47 bits per heavy atom. The third-order valence-electron chi connectivity index (χ3n) is 1.84. The van der Waals surface area contributed by atoms with Gasteiger partial charge in [0.15, 0.2) is 0 Å². The average molecular weight is 204 g/mol. The lowest BCUT2D eigenvalue weighted by Gasteiger charge is -1.98. The Morgan fingerprint density at radius 3 is 3.13 bits per heavy atom. The van der Waals surface area contributed by atoms with Gasteiger partial charge in [-0.25, -0.2) is 4.79 Å². The number of amides is 1. The molecule has 0 unspecified atom stereocenters. The Balaban J connectivity index is 2.66. The molecule has 0 aromatic carbocycles. The van der Waals surface area contributed by atoms with Crippen molar-refractivity contribution < 1.29 is 9.90 Å². The van der Waals surface area contributed by atoms with Crippen molar-refractivity contribution in [3.05, 3.63) is 29.6 Å². The zero-order chi connectivity index (χ0) is 11.1. The number of hydrogen-bond acceptors (Lipinski definition) is 2. The summed E-state index contributed by atoms with van der Waals surface area (Å²) in [6.07, 6.45) is 3.23. The van der Waals surface area contributed by atoms with Gasteiger partial charge in [0.1, 0.15) is 0 Å². The quantitative estimate of drug-likeness (QED) is 0.713. The fraction of sp³-hybridized carbons (Fsp3) is 0.273. The zero-order valence-corrected chi connectivity index (χ0v) is 8.45. The first-order valence-corrected chi connectivity index (χ1v) is 4.62. The lowest BCUT2D eigenvalue weighted by molar-refractivity contribution is 0.196. The zero-order valence-electron chi connectivity index (χ0n) is 8.45. The van der Waals surface area contributed by atoms with Crippen LogP contribution in [0.2, 0.25) is 0 Å². The minimum Gasteiger partial charge on any atom is -0.465 e. The number of aromatic nitrogens is 1. The van der Waals surface area contributed by atoms with E-state index in [0.717, 1.165) is 17.5 Å². The number of carbonyl (C=O) groups is 1. The van der Waals surface area contributed by atoms with Crippen LogP contribution in [0.3, 0.4) is 0 Å². The SMILES string of the molecule is CCc1ccncc1C#CCNC(=O)O. The molecule has 1 aromatic heterocycles. The summed E-state index contributed by atoms with van der Waals surface area (Å²) >= 11 is 0. The molecule has 15 heavy (non-hydrogen) atoms. The van der Waals surface area contributed by atoms with Crippen LogP contribution < -0.4 is 5.32 Å². The first-order valence-electron chi connectivity index (χ1n) is 4.62. The normalized spacial score (nSPS) is 8.87. The molecule has 0 aliphatic carbocycles. The summed E-state index contributed by atoms with van der Waals surface area (Å²) in [6, 6.07) is 1.91. The van der Waals surface area contributed by atoms with E-state index in [1.165, 1.54) is 0 Å². The number of hydrogen-bond donors (Lipinski definition) is 2. The summed E-state index contributed by atoms with van der Waals surface area (Å²) in [4.78, 5) is 14.1. The van der Waals surface area contributed by atoms with Crippen molar-refractivity contribution in [2.75, 3.05) is 6.54 Å². The maximum atomic E-state index is 10.1. The largest absolute Gasteiger partial charge is 0.465 e. The predicted molar refractivity (Wildman–Crippen MR) is 56.5 cm³/mol. The van der Waals surface area contributed by atoms with Crippen molar-refractivity contribution in [2.45, 2.75) is 13.3 Å². The molecule has 4 nitrogen and oxygen atoms in total. The molecule has 1 amide bonds. The molecule has 0 aliphatic rings. The van der Waals surface area contributed by atoms with E-state index in [1.54, 1.807) is 12.4 Å². The smallest absolute Gasteiger partial charge is 0.405 e. The molecule has 0 radical (unpaired) electrons. The van der Waals surface area contributed by atoms with Crippen LogP contribution in [-0.2, 0) is 6.42 Å². The van der Waals surface area contributed by atoms with Crippen LogP contribution >= 0.6 is 0 Å². The fourth-order valence-electron chi connectivity index (χ4n) is 1.10. The Labute approximate surface area is 88.3 Å². The molecule has 1 rings (SSSR count). The second-order valence-electron chi connectivity index (χ2n) is 2.85. The van der Waals surface area contributed by atoms with Gasteiger partial charge in [0.25, 0.3) is 0 Å². The molecule has 0 saturated heterocycles. The highest BCUT2D eigenvalue weighted by molar-refractivity contribution is 5.64. The highest BCUT2D eigenvalue weighted by atomic mass is 16.4. The standard InChI is InChI=1S/C11H12N2O2/c1-2-9-5-7-12-8-10(9)4-3-6-13-11(14)15/h5,7-8,13H,2,6H2,1H3,(H,14,15). The Hall–Kier alpha value is -2.02. The molecular weight excluding hydrogens is 192 g/mol. The number of aryl methyl sites for hydroxylation is 1. The van der Waals surface area contributed by atoms with Crippen molar-refractivity contribution in [3.8, 4) is 11.8 Å². The van der Waals surface area contributed by atoms with Gasteiger partial charge < -0.3 is 10.4 Å². The maximum absolute atomic E-state index is 10.1. The van der Waals surface area contributed by atoms with E-state index in [1.807, 2.05) is 13.0 Å². The maximum Gasteiger partial charge on any atom is 0.405 e. The Kier molecular flexibility index (Phi) is 4.17. The second kappa shape index (κ2) is 5.66. The number of carboxylic acid groups (broad SMARTS) is 1. The minimum absolute atomic E-state index is 0.132. The van der Waals surface area contributed by atoms with Gasteiger partial charge in [0.05, 0.1) is 6.54 Å². The van der Waals surface area contributed by atoms with E-state index in [9.17, 15) is 4.79 Å². The minimum atomic E-state index is -1.06. The topological polar surface area (TPSA) is 62.2 Å². The highest BCUT2D eigenvalue weighted by Crippen LogP contribution is 2.05. The van der Waals surface area contributed by atoms with Crippen molar-refractivity contribution in [3.63, 3.8) is 0 Å². The number of rotatable bonds is 2. The molecule has 0 fully saturated rings. The molecule has 4 heteroatoms. The molecule has 1 aromatic rings. The van der Waals surface area contributed by atoms with Gasteiger partial charge in [-0.15, -0.1) is 0 Å².